The van der Waals surface area contributed by atoms with Crippen LogP contribution in [0.15, 0.2) is 54.4 Å². The van der Waals surface area contributed by atoms with Crippen LogP contribution in [-0.2, 0) is 11.8 Å². The number of hydrogen-bond acceptors (Lipinski definition) is 3. The summed E-state index contributed by atoms with van der Waals surface area (Å²) in [5, 5.41) is 5.55. The van der Waals surface area contributed by atoms with E-state index in [-0.39, 0.29) is 17.5 Å². The van der Waals surface area contributed by atoms with Gasteiger partial charge in [-0.05, 0) is 44.4 Å². The molecular weight excluding hydrogens is 316 g/mol. The third-order valence-corrected chi connectivity index (χ3v) is 3.65. The smallest absolute Gasteiger partial charge is 0.267 e. The maximum absolute atomic E-state index is 12.5. The zero-order valence-corrected chi connectivity index (χ0v) is 14.8. The van der Waals surface area contributed by atoms with Gasteiger partial charge in [-0.1, -0.05) is 18.2 Å². The number of nitrogens with zero attached hydrogens (tertiary/aromatic N) is 2. The normalized spacial score (nSPS) is 11.4. The highest BCUT2D eigenvalue weighted by molar-refractivity contribution is 6.05. The molecule has 2 N–H and O–H groups in total. The standard InChI is InChI=1S/C19H24N4O2/c1-22(2)13-11-20-19(25)17(14-16-10-7-12-23(16)3)21-18(24)15-8-5-4-6-9-15/h4-10,12,14H,11,13H2,1-3H3,(H,20,25)(H,21,24)/b17-14+. The summed E-state index contributed by atoms with van der Waals surface area (Å²) in [5.74, 6) is -0.629. The molecule has 2 rings (SSSR count). The lowest BCUT2D eigenvalue weighted by Crippen LogP contribution is -2.37. The molecule has 0 bridgehead atoms. The van der Waals surface area contributed by atoms with Gasteiger partial charge in [-0.25, -0.2) is 0 Å². The van der Waals surface area contributed by atoms with E-state index in [4.69, 9.17) is 0 Å². The van der Waals surface area contributed by atoms with Gasteiger partial charge >= 0.3 is 0 Å². The molecule has 0 fully saturated rings. The monoisotopic (exact) mass is 340 g/mol. The lowest BCUT2D eigenvalue weighted by atomic mass is 10.2. The quantitative estimate of drug-likeness (QED) is 0.750. The molecule has 0 aliphatic heterocycles. The average Bonchev–Trinajstić information content (AvgIpc) is 2.99. The molecule has 132 valence electrons. The van der Waals surface area contributed by atoms with E-state index < -0.39 is 0 Å². The van der Waals surface area contributed by atoms with E-state index in [2.05, 4.69) is 10.6 Å². The first-order valence-corrected chi connectivity index (χ1v) is 8.09. The van der Waals surface area contributed by atoms with Gasteiger partial charge in [-0.3, -0.25) is 9.59 Å². The number of amides is 2. The van der Waals surface area contributed by atoms with Crippen LogP contribution < -0.4 is 10.6 Å². The Hall–Kier alpha value is -2.86. The molecule has 0 saturated heterocycles. The van der Waals surface area contributed by atoms with Crippen LogP contribution in [0.5, 0.6) is 0 Å². The van der Waals surface area contributed by atoms with Gasteiger partial charge in [-0.2, -0.15) is 0 Å². The van der Waals surface area contributed by atoms with Crippen molar-refractivity contribution in [2.45, 2.75) is 0 Å². The van der Waals surface area contributed by atoms with Crippen molar-refractivity contribution >= 4 is 17.9 Å². The largest absolute Gasteiger partial charge is 0.351 e. The number of aromatic nitrogens is 1. The first kappa shape index (κ1) is 18.5. The van der Waals surface area contributed by atoms with Crippen molar-refractivity contribution in [1.29, 1.82) is 0 Å². The highest BCUT2D eigenvalue weighted by Crippen LogP contribution is 2.07. The van der Waals surface area contributed by atoms with Gasteiger partial charge in [0.15, 0.2) is 0 Å². The highest BCUT2D eigenvalue weighted by Gasteiger charge is 2.14. The van der Waals surface area contributed by atoms with E-state index in [9.17, 15) is 9.59 Å². The van der Waals surface area contributed by atoms with E-state index in [1.54, 1.807) is 30.3 Å². The Labute approximate surface area is 148 Å². The number of nitrogens with one attached hydrogen (secondary N) is 2. The Kier molecular flexibility index (Phi) is 6.54. The summed E-state index contributed by atoms with van der Waals surface area (Å²) < 4.78 is 1.88. The fourth-order valence-corrected chi connectivity index (χ4v) is 2.20. The van der Waals surface area contributed by atoms with E-state index in [1.807, 2.05) is 55.0 Å². The number of aryl methyl sites for hydroxylation is 1. The number of benzene rings is 1. The van der Waals surface area contributed by atoms with Crippen molar-refractivity contribution in [3.05, 3.63) is 65.6 Å². The summed E-state index contributed by atoms with van der Waals surface area (Å²) in [7, 11) is 5.75. The van der Waals surface area contributed by atoms with Gasteiger partial charge in [0.1, 0.15) is 5.70 Å². The number of rotatable bonds is 7. The van der Waals surface area contributed by atoms with Crippen LogP contribution in [0.4, 0.5) is 0 Å². The van der Waals surface area contributed by atoms with E-state index >= 15 is 0 Å². The lowest BCUT2D eigenvalue weighted by Gasteiger charge is -2.13. The molecular formula is C19H24N4O2. The van der Waals surface area contributed by atoms with Crippen LogP contribution in [-0.4, -0.2) is 48.5 Å². The molecule has 0 atom stereocenters. The fraction of sp³-hybridized carbons (Fsp3) is 0.263. The lowest BCUT2D eigenvalue weighted by molar-refractivity contribution is -0.117. The minimum Gasteiger partial charge on any atom is -0.351 e. The van der Waals surface area contributed by atoms with E-state index in [0.717, 1.165) is 12.2 Å². The molecule has 6 heteroatoms. The Balaban J connectivity index is 2.17. The van der Waals surface area contributed by atoms with Crippen LogP contribution in [0, 0.1) is 0 Å². The zero-order valence-electron chi connectivity index (χ0n) is 14.8. The highest BCUT2D eigenvalue weighted by atomic mass is 16.2. The average molecular weight is 340 g/mol. The van der Waals surface area contributed by atoms with Crippen molar-refractivity contribution < 1.29 is 9.59 Å². The summed E-state index contributed by atoms with van der Waals surface area (Å²) in [4.78, 5) is 26.9. The number of carbonyl (C=O) groups excluding carboxylic acids is 2. The molecule has 0 saturated carbocycles. The van der Waals surface area contributed by atoms with Crippen molar-refractivity contribution in [2.75, 3.05) is 27.2 Å². The molecule has 0 unspecified atom stereocenters. The number of hydrogen-bond donors (Lipinski definition) is 2. The predicted molar refractivity (Wildman–Crippen MR) is 98.9 cm³/mol. The van der Waals surface area contributed by atoms with Crippen molar-refractivity contribution in [2.24, 2.45) is 7.05 Å². The molecule has 0 radical (unpaired) electrons. The Morgan fingerprint density at radius 3 is 2.44 bits per heavy atom. The van der Waals surface area contributed by atoms with E-state index in [0.29, 0.717) is 12.1 Å². The molecule has 0 aliphatic carbocycles. The summed E-state index contributed by atoms with van der Waals surface area (Å²) in [6.45, 7) is 1.22. The van der Waals surface area contributed by atoms with Crippen LogP contribution in [0.25, 0.3) is 6.08 Å². The van der Waals surface area contributed by atoms with Crippen LogP contribution in [0.2, 0.25) is 0 Å². The van der Waals surface area contributed by atoms with Gasteiger partial charge in [0.25, 0.3) is 11.8 Å². The summed E-state index contributed by atoms with van der Waals surface area (Å²) >= 11 is 0. The Morgan fingerprint density at radius 1 is 1.12 bits per heavy atom. The molecule has 1 heterocycles. The molecule has 0 spiro atoms. The molecule has 1 aromatic heterocycles. The van der Waals surface area contributed by atoms with Crippen LogP contribution in [0.3, 0.4) is 0 Å². The first-order chi connectivity index (χ1) is 12.0. The Bertz CT molecular complexity index is 748. The molecule has 1 aromatic carbocycles. The zero-order chi connectivity index (χ0) is 18.2. The molecule has 2 amide bonds. The third kappa shape index (κ3) is 5.61. The topological polar surface area (TPSA) is 66.4 Å². The van der Waals surface area contributed by atoms with Gasteiger partial charge in [0.05, 0.1) is 0 Å². The fourth-order valence-electron chi connectivity index (χ4n) is 2.20. The minimum absolute atomic E-state index is 0.217. The van der Waals surface area contributed by atoms with E-state index in [1.165, 1.54) is 0 Å². The summed E-state index contributed by atoms with van der Waals surface area (Å²) in [6.07, 6.45) is 3.55. The van der Waals surface area contributed by atoms with Gasteiger partial charge in [0, 0.05) is 37.6 Å². The van der Waals surface area contributed by atoms with Crippen molar-refractivity contribution in [1.82, 2.24) is 20.1 Å². The molecule has 0 aliphatic rings. The van der Waals surface area contributed by atoms with Gasteiger partial charge in [-0.15, -0.1) is 0 Å². The number of likely N-dealkylation sites (N-methyl/N-ethyl adjacent to an activating group) is 1. The predicted octanol–water partition coefficient (Wildman–Crippen LogP) is 1.47. The first-order valence-electron chi connectivity index (χ1n) is 8.09. The second-order valence-electron chi connectivity index (χ2n) is 5.98. The SMILES string of the molecule is CN(C)CCNC(=O)/C(=C\c1cccn1C)NC(=O)c1ccccc1. The maximum Gasteiger partial charge on any atom is 0.267 e. The van der Waals surface area contributed by atoms with Gasteiger partial charge < -0.3 is 20.1 Å². The number of carbonyl (C=O) groups is 2. The molecule has 6 nitrogen and oxygen atoms in total. The summed E-state index contributed by atoms with van der Waals surface area (Å²) in [5.41, 5.74) is 1.54. The van der Waals surface area contributed by atoms with Crippen molar-refractivity contribution in [3.63, 3.8) is 0 Å². The third-order valence-electron chi connectivity index (χ3n) is 3.65. The maximum atomic E-state index is 12.5. The van der Waals surface area contributed by atoms with Crippen LogP contribution in [0.1, 0.15) is 16.1 Å². The van der Waals surface area contributed by atoms with Gasteiger partial charge in [0.2, 0.25) is 0 Å². The Morgan fingerprint density at radius 2 is 1.84 bits per heavy atom. The van der Waals surface area contributed by atoms with Crippen LogP contribution >= 0.6 is 0 Å². The summed E-state index contributed by atoms with van der Waals surface area (Å²) in [6, 6.07) is 12.6. The molecule has 25 heavy (non-hydrogen) atoms. The van der Waals surface area contributed by atoms with Crippen molar-refractivity contribution in [3.8, 4) is 0 Å². The molecule has 2 aromatic rings. The minimum atomic E-state index is -0.316. The second kappa shape index (κ2) is 8.84. The second-order valence-corrected chi connectivity index (χ2v) is 5.98.